The third-order valence-electron chi connectivity index (χ3n) is 5.77. The Morgan fingerprint density at radius 3 is 2.70 bits per heavy atom. The Hall–Kier alpha value is -2.28. The summed E-state index contributed by atoms with van der Waals surface area (Å²) >= 11 is 0. The number of carbonyl (C=O) groups is 1. The van der Waals surface area contributed by atoms with Gasteiger partial charge in [-0.25, -0.2) is 4.39 Å². The lowest BCUT2D eigenvalue weighted by atomic mass is 10.1. The van der Waals surface area contributed by atoms with Crippen LogP contribution in [-0.2, 0) is 24.2 Å². The van der Waals surface area contributed by atoms with Crippen LogP contribution in [0.3, 0.4) is 0 Å². The molecule has 6 nitrogen and oxygen atoms in total. The van der Waals surface area contributed by atoms with Gasteiger partial charge in [-0.15, -0.1) is 10.2 Å². The molecule has 1 fully saturated rings. The van der Waals surface area contributed by atoms with E-state index in [0.29, 0.717) is 32.0 Å². The second-order valence-corrected chi connectivity index (χ2v) is 7.52. The number of aryl methyl sites for hydroxylation is 1. The summed E-state index contributed by atoms with van der Waals surface area (Å²) in [7, 11) is 2.14. The molecule has 0 aliphatic carbocycles. The van der Waals surface area contributed by atoms with Gasteiger partial charge in [-0.2, -0.15) is 0 Å². The fraction of sp³-hybridized carbons (Fsp3) is 0.550. The molecule has 0 spiro atoms. The molecule has 27 heavy (non-hydrogen) atoms. The minimum Gasteiger partial charge on any atom is -0.340 e. The minimum absolute atomic E-state index is 0.151. The van der Waals surface area contributed by atoms with Crippen molar-refractivity contribution >= 4 is 5.91 Å². The number of rotatable bonds is 4. The van der Waals surface area contributed by atoms with Gasteiger partial charge in [0.25, 0.3) is 0 Å². The lowest BCUT2D eigenvalue weighted by Crippen LogP contribution is -2.34. The van der Waals surface area contributed by atoms with E-state index in [0.717, 1.165) is 43.1 Å². The van der Waals surface area contributed by atoms with E-state index in [1.54, 1.807) is 12.1 Å². The van der Waals surface area contributed by atoms with Gasteiger partial charge in [-0.3, -0.25) is 9.69 Å². The molecule has 2 aromatic rings. The first-order valence-corrected chi connectivity index (χ1v) is 9.76. The summed E-state index contributed by atoms with van der Waals surface area (Å²) in [6.07, 6.45) is 4.14. The summed E-state index contributed by atoms with van der Waals surface area (Å²) in [5.74, 6) is 1.94. The Bertz CT molecular complexity index is 803. The molecule has 1 amide bonds. The van der Waals surface area contributed by atoms with Crippen molar-refractivity contribution in [2.24, 2.45) is 0 Å². The first-order chi connectivity index (χ1) is 13.1. The summed E-state index contributed by atoms with van der Waals surface area (Å²) < 4.78 is 15.2. The highest BCUT2D eigenvalue weighted by molar-refractivity contribution is 5.76. The van der Waals surface area contributed by atoms with E-state index in [2.05, 4.69) is 26.7 Å². The van der Waals surface area contributed by atoms with Crippen molar-refractivity contribution in [3.63, 3.8) is 0 Å². The molecule has 0 bridgehead atoms. The predicted octanol–water partition coefficient (Wildman–Crippen LogP) is 2.20. The normalized spacial score (nSPS) is 20.5. The summed E-state index contributed by atoms with van der Waals surface area (Å²) in [6.45, 7) is 3.22. The largest absolute Gasteiger partial charge is 0.340 e. The monoisotopic (exact) mass is 371 g/mol. The maximum absolute atomic E-state index is 13.0. The number of amides is 1. The van der Waals surface area contributed by atoms with Gasteiger partial charge < -0.3 is 9.47 Å². The van der Waals surface area contributed by atoms with Gasteiger partial charge in [-0.1, -0.05) is 12.1 Å². The van der Waals surface area contributed by atoms with E-state index >= 15 is 0 Å². The van der Waals surface area contributed by atoms with Gasteiger partial charge in [0.1, 0.15) is 17.5 Å². The molecule has 1 saturated heterocycles. The summed E-state index contributed by atoms with van der Waals surface area (Å²) in [6, 6.07) is 6.72. The number of hydrogen-bond donors (Lipinski definition) is 0. The second kappa shape index (κ2) is 7.76. The molecule has 1 atom stereocenters. The average Bonchev–Trinajstić information content (AvgIpc) is 3.20. The van der Waals surface area contributed by atoms with Crippen molar-refractivity contribution in [1.82, 2.24) is 24.6 Å². The molecule has 0 unspecified atom stereocenters. The number of nitrogens with zero attached hydrogens (tertiary/aromatic N) is 5. The average molecular weight is 371 g/mol. The smallest absolute Gasteiger partial charge is 0.222 e. The number of benzene rings is 1. The highest BCUT2D eigenvalue weighted by atomic mass is 19.1. The van der Waals surface area contributed by atoms with Gasteiger partial charge in [0.2, 0.25) is 5.91 Å². The molecule has 0 radical (unpaired) electrons. The van der Waals surface area contributed by atoms with Crippen LogP contribution in [0.5, 0.6) is 0 Å². The predicted molar refractivity (Wildman–Crippen MR) is 99.6 cm³/mol. The molecule has 144 valence electrons. The van der Waals surface area contributed by atoms with Crippen molar-refractivity contribution in [2.75, 3.05) is 26.7 Å². The summed E-state index contributed by atoms with van der Waals surface area (Å²) in [4.78, 5) is 16.9. The Kier molecular flexibility index (Phi) is 5.20. The van der Waals surface area contributed by atoms with E-state index in [1.165, 1.54) is 18.6 Å². The highest BCUT2D eigenvalue weighted by Gasteiger charge is 2.30. The maximum atomic E-state index is 13.0. The molecule has 2 aliphatic rings. The summed E-state index contributed by atoms with van der Waals surface area (Å²) in [5, 5.41) is 8.87. The molecular weight excluding hydrogens is 345 g/mol. The Morgan fingerprint density at radius 2 is 1.96 bits per heavy atom. The topological polar surface area (TPSA) is 54.3 Å². The van der Waals surface area contributed by atoms with Crippen LogP contribution in [0.25, 0.3) is 0 Å². The zero-order valence-electron chi connectivity index (χ0n) is 15.8. The SMILES string of the molecule is CN1CCC[C@@H]1c1nnc2n1CCN(C(=O)CCc1ccc(F)cc1)CC2. The number of likely N-dealkylation sites (tertiary alicyclic amines) is 1. The van der Waals surface area contributed by atoms with Crippen molar-refractivity contribution in [3.05, 3.63) is 47.3 Å². The van der Waals surface area contributed by atoms with E-state index < -0.39 is 0 Å². The molecule has 3 heterocycles. The number of halogens is 1. The molecule has 1 aromatic carbocycles. The van der Waals surface area contributed by atoms with Crippen molar-refractivity contribution in [2.45, 2.75) is 44.7 Å². The van der Waals surface area contributed by atoms with Gasteiger partial charge in [0.15, 0.2) is 0 Å². The van der Waals surface area contributed by atoms with E-state index in [-0.39, 0.29) is 11.7 Å². The van der Waals surface area contributed by atoms with Gasteiger partial charge in [0.05, 0.1) is 6.04 Å². The number of aromatic nitrogens is 3. The van der Waals surface area contributed by atoms with Crippen LogP contribution >= 0.6 is 0 Å². The third kappa shape index (κ3) is 3.88. The van der Waals surface area contributed by atoms with E-state index in [4.69, 9.17) is 0 Å². The zero-order chi connectivity index (χ0) is 18.8. The zero-order valence-corrected chi connectivity index (χ0v) is 15.8. The van der Waals surface area contributed by atoms with Crippen LogP contribution in [0.2, 0.25) is 0 Å². The molecular formula is C20H26FN5O. The Morgan fingerprint density at radius 1 is 1.15 bits per heavy atom. The first-order valence-electron chi connectivity index (χ1n) is 9.76. The van der Waals surface area contributed by atoms with Crippen LogP contribution in [0.4, 0.5) is 4.39 Å². The van der Waals surface area contributed by atoms with E-state index in [1.807, 2.05) is 4.90 Å². The molecule has 2 aliphatic heterocycles. The van der Waals surface area contributed by atoms with Crippen LogP contribution in [0.15, 0.2) is 24.3 Å². The maximum Gasteiger partial charge on any atom is 0.222 e. The lowest BCUT2D eigenvalue weighted by molar-refractivity contribution is -0.131. The van der Waals surface area contributed by atoms with Crippen molar-refractivity contribution in [3.8, 4) is 0 Å². The van der Waals surface area contributed by atoms with Gasteiger partial charge in [-0.05, 0) is 50.6 Å². The van der Waals surface area contributed by atoms with E-state index in [9.17, 15) is 9.18 Å². The second-order valence-electron chi connectivity index (χ2n) is 7.52. The molecule has 0 N–H and O–H groups in total. The van der Waals surface area contributed by atoms with Crippen LogP contribution < -0.4 is 0 Å². The van der Waals surface area contributed by atoms with Crippen molar-refractivity contribution in [1.29, 1.82) is 0 Å². The fourth-order valence-corrected chi connectivity index (χ4v) is 4.14. The van der Waals surface area contributed by atoms with Gasteiger partial charge >= 0.3 is 0 Å². The molecule has 1 aromatic heterocycles. The van der Waals surface area contributed by atoms with Crippen molar-refractivity contribution < 1.29 is 9.18 Å². The quantitative estimate of drug-likeness (QED) is 0.827. The third-order valence-corrected chi connectivity index (χ3v) is 5.77. The molecule has 0 saturated carbocycles. The Labute approximate surface area is 159 Å². The standard InChI is InChI=1S/C20H26FN5O/c1-24-11-2-3-17(24)20-23-22-18-10-12-25(13-14-26(18)20)19(27)9-6-15-4-7-16(21)8-5-15/h4-5,7-8,17H,2-3,6,9-14H2,1H3/t17-/m1/s1. The van der Waals surface area contributed by atoms with Crippen LogP contribution in [-0.4, -0.2) is 57.2 Å². The summed E-state index contributed by atoms with van der Waals surface area (Å²) in [5.41, 5.74) is 0.989. The molecule has 4 rings (SSSR count). The van der Waals surface area contributed by atoms with Crippen LogP contribution in [0.1, 0.15) is 42.5 Å². The highest BCUT2D eigenvalue weighted by Crippen LogP contribution is 2.30. The van der Waals surface area contributed by atoms with Crippen LogP contribution in [0, 0.1) is 5.82 Å². The van der Waals surface area contributed by atoms with Gasteiger partial charge in [0, 0.05) is 32.5 Å². The Balaban J connectivity index is 1.37. The number of carbonyl (C=O) groups excluding carboxylic acids is 1. The number of hydrogen-bond acceptors (Lipinski definition) is 4. The first kappa shape index (κ1) is 18.1. The minimum atomic E-state index is -0.246. The molecule has 7 heteroatoms. The number of fused-ring (bicyclic) bond motifs is 1. The fourth-order valence-electron chi connectivity index (χ4n) is 4.14. The lowest BCUT2D eigenvalue weighted by Gasteiger charge is -2.22.